The molecule has 0 aliphatic rings. The Bertz CT molecular complexity index is 856. The molecule has 0 saturated heterocycles. The average molecular weight is 346 g/mol. The van der Waals surface area contributed by atoms with E-state index in [1.807, 2.05) is 0 Å². The third kappa shape index (κ3) is 3.95. The molecule has 3 rings (SSSR count). The van der Waals surface area contributed by atoms with Gasteiger partial charge in [0.25, 0.3) is 0 Å². The van der Waals surface area contributed by atoms with Crippen molar-refractivity contribution in [3.63, 3.8) is 0 Å². The predicted octanol–water partition coefficient (Wildman–Crippen LogP) is 0.547. The van der Waals surface area contributed by atoms with Crippen molar-refractivity contribution in [1.29, 1.82) is 0 Å². The summed E-state index contributed by atoms with van der Waals surface area (Å²) in [6, 6.07) is 8.40. The Balaban J connectivity index is 0.00000161. The van der Waals surface area contributed by atoms with Crippen LogP contribution in [0.3, 0.4) is 0 Å². The van der Waals surface area contributed by atoms with Crippen molar-refractivity contribution < 1.29 is 30.7 Å². The van der Waals surface area contributed by atoms with E-state index in [1.165, 1.54) is 24.5 Å². The molecule has 7 N–H and O–H groups in total. The summed E-state index contributed by atoms with van der Waals surface area (Å²) in [4.78, 5) is 12.4. The van der Waals surface area contributed by atoms with Gasteiger partial charge in [-0.3, -0.25) is 4.79 Å². The smallest absolute Gasteiger partial charge is 0.204 e. The Morgan fingerprint density at radius 1 is 0.870 bits per heavy atom. The molecule has 0 atom stereocenters. The molecule has 8 heteroatoms. The summed E-state index contributed by atoms with van der Waals surface area (Å²) in [6.07, 6.45) is 1.26. The molecule has 0 unspecified atom stereocenters. The van der Waals surface area contributed by atoms with Crippen molar-refractivity contribution in [1.82, 2.24) is 0 Å². The van der Waals surface area contributed by atoms with Gasteiger partial charge in [0, 0.05) is 49.9 Å². The molecule has 2 radical (unpaired) electrons. The monoisotopic (exact) mass is 346 g/mol. The van der Waals surface area contributed by atoms with E-state index in [0.717, 1.165) is 6.07 Å². The Hall–Kier alpha value is -1.77. The summed E-state index contributed by atoms with van der Waals surface area (Å²) < 4.78 is 5.29. The molecule has 2 aromatic carbocycles. The maximum Gasteiger partial charge on any atom is 0.204 e. The molecule has 0 amide bonds. The average Bonchev–Trinajstić information content (AvgIpc) is 2.39. The van der Waals surface area contributed by atoms with Gasteiger partial charge in [0.15, 0.2) is 0 Å². The van der Waals surface area contributed by atoms with Gasteiger partial charge in [0.2, 0.25) is 5.43 Å². The molecule has 1 aromatic heterocycles. The number of hydrogen-bond acceptors (Lipinski definition) is 5. The first-order valence-electron chi connectivity index (χ1n) is 5.83. The van der Waals surface area contributed by atoms with Crippen molar-refractivity contribution in [2.24, 2.45) is 0 Å². The van der Waals surface area contributed by atoms with Gasteiger partial charge in [0.1, 0.15) is 34.5 Å². The molecular formula is C15H14CaO7. The van der Waals surface area contributed by atoms with Crippen LogP contribution in [0.25, 0.3) is 22.1 Å². The zero-order valence-electron chi connectivity index (χ0n) is 11.9. The quantitative estimate of drug-likeness (QED) is 0.549. The van der Waals surface area contributed by atoms with E-state index in [0.29, 0.717) is 5.56 Å². The summed E-state index contributed by atoms with van der Waals surface area (Å²) in [5.74, 6) is -0.434. The Kier molecular flexibility index (Phi) is 7.56. The Morgan fingerprint density at radius 3 is 2.09 bits per heavy atom. The summed E-state index contributed by atoms with van der Waals surface area (Å²) in [6.45, 7) is 0. The second-order valence-electron chi connectivity index (χ2n) is 4.36. The van der Waals surface area contributed by atoms with Crippen LogP contribution < -0.4 is 5.43 Å². The van der Waals surface area contributed by atoms with Crippen LogP contribution in [0.15, 0.2) is 51.9 Å². The van der Waals surface area contributed by atoms with Crippen molar-refractivity contribution in [3.8, 4) is 28.4 Å². The SMILES string of the molecule is O.O.O=c1c(-c2ccc(O)cc2)coc2cc(O)cc(O)c12.[Ca]. The zero-order valence-corrected chi connectivity index (χ0v) is 14.1. The van der Waals surface area contributed by atoms with Crippen LogP contribution in [-0.4, -0.2) is 64.0 Å². The van der Waals surface area contributed by atoms with E-state index in [4.69, 9.17) is 4.42 Å². The molecule has 0 saturated carbocycles. The molecule has 0 spiro atoms. The van der Waals surface area contributed by atoms with E-state index in [9.17, 15) is 20.1 Å². The van der Waals surface area contributed by atoms with Crippen molar-refractivity contribution in [2.45, 2.75) is 0 Å². The number of phenols is 3. The normalized spacial score (nSPS) is 9.39. The van der Waals surface area contributed by atoms with E-state index in [-0.39, 0.29) is 82.5 Å². The second-order valence-corrected chi connectivity index (χ2v) is 4.36. The minimum Gasteiger partial charge on any atom is -0.508 e. The van der Waals surface area contributed by atoms with Gasteiger partial charge in [-0.15, -0.1) is 0 Å². The molecule has 0 aliphatic carbocycles. The summed E-state index contributed by atoms with van der Waals surface area (Å²) in [5, 5.41) is 28.4. The van der Waals surface area contributed by atoms with Crippen LogP contribution in [0.2, 0.25) is 0 Å². The molecule has 118 valence electrons. The summed E-state index contributed by atoms with van der Waals surface area (Å²) in [7, 11) is 0. The van der Waals surface area contributed by atoms with E-state index >= 15 is 0 Å². The first kappa shape index (κ1) is 21.2. The summed E-state index contributed by atoms with van der Waals surface area (Å²) in [5.41, 5.74) is 0.522. The number of aromatic hydroxyl groups is 3. The van der Waals surface area contributed by atoms with Crippen LogP contribution in [0.1, 0.15) is 0 Å². The molecule has 0 fully saturated rings. The zero-order chi connectivity index (χ0) is 14.3. The van der Waals surface area contributed by atoms with Gasteiger partial charge in [-0.25, -0.2) is 0 Å². The largest absolute Gasteiger partial charge is 0.508 e. The predicted molar refractivity (Wildman–Crippen MR) is 85.9 cm³/mol. The Morgan fingerprint density at radius 2 is 1.48 bits per heavy atom. The third-order valence-corrected chi connectivity index (χ3v) is 3.02. The molecule has 3 aromatic rings. The van der Waals surface area contributed by atoms with Gasteiger partial charge in [-0.2, -0.15) is 0 Å². The molecule has 0 aliphatic heterocycles. The topological polar surface area (TPSA) is 154 Å². The van der Waals surface area contributed by atoms with Crippen LogP contribution in [0, 0.1) is 0 Å². The third-order valence-electron chi connectivity index (χ3n) is 3.02. The van der Waals surface area contributed by atoms with Crippen LogP contribution >= 0.6 is 0 Å². The fourth-order valence-electron chi connectivity index (χ4n) is 2.06. The Labute approximate surface area is 160 Å². The number of rotatable bonds is 1. The fourth-order valence-corrected chi connectivity index (χ4v) is 2.06. The van der Waals surface area contributed by atoms with E-state index in [1.54, 1.807) is 12.1 Å². The maximum atomic E-state index is 12.4. The molecule has 23 heavy (non-hydrogen) atoms. The molecule has 0 bridgehead atoms. The van der Waals surface area contributed by atoms with Gasteiger partial charge in [0.05, 0.1) is 5.56 Å². The van der Waals surface area contributed by atoms with Crippen LogP contribution in [0.5, 0.6) is 17.2 Å². The fraction of sp³-hybridized carbons (Fsp3) is 0. The van der Waals surface area contributed by atoms with Gasteiger partial charge in [-0.1, -0.05) is 12.1 Å². The molecule has 7 nitrogen and oxygen atoms in total. The number of phenolic OH excluding ortho intramolecular Hbond substituents is 3. The number of benzene rings is 2. The summed E-state index contributed by atoms with van der Waals surface area (Å²) >= 11 is 0. The molecule has 1 heterocycles. The standard InChI is InChI=1S/C15H10O5.Ca.2H2O/c16-9-3-1-8(2-4-9)11-7-20-13-6-10(17)5-12(18)14(13)15(11)19;;;/h1-7,16-18H;;2*1H2. The minimum atomic E-state index is -0.408. The number of fused-ring (bicyclic) bond motifs is 1. The van der Waals surface area contributed by atoms with Crippen molar-refractivity contribution in [3.05, 3.63) is 52.9 Å². The first-order valence-corrected chi connectivity index (χ1v) is 5.83. The van der Waals surface area contributed by atoms with E-state index in [2.05, 4.69) is 0 Å². The van der Waals surface area contributed by atoms with Gasteiger partial charge < -0.3 is 30.7 Å². The number of hydrogen-bond donors (Lipinski definition) is 3. The molecular weight excluding hydrogens is 332 g/mol. The maximum absolute atomic E-state index is 12.4. The van der Waals surface area contributed by atoms with E-state index < -0.39 is 5.43 Å². The first-order chi connectivity index (χ1) is 9.56. The van der Waals surface area contributed by atoms with Gasteiger partial charge >= 0.3 is 0 Å². The minimum absolute atomic E-state index is 0. The van der Waals surface area contributed by atoms with Crippen LogP contribution in [0.4, 0.5) is 0 Å². The van der Waals surface area contributed by atoms with Crippen molar-refractivity contribution in [2.75, 3.05) is 0 Å². The second kappa shape index (κ2) is 8.19. The van der Waals surface area contributed by atoms with Gasteiger partial charge in [-0.05, 0) is 17.7 Å². The van der Waals surface area contributed by atoms with Crippen LogP contribution in [-0.2, 0) is 0 Å². The van der Waals surface area contributed by atoms with Crippen molar-refractivity contribution >= 4 is 48.7 Å².